The van der Waals surface area contributed by atoms with Crippen molar-refractivity contribution in [3.8, 4) is 0 Å². The molecule has 1 rings (SSSR count). The van der Waals surface area contributed by atoms with Crippen LogP contribution in [0.15, 0.2) is 12.4 Å². The quantitative estimate of drug-likeness (QED) is 0.836. The molecule has 0 saturated heterocycles. The molecule has 0 aliphatic rings. The fraction of sp³-hybridized carbons (Fsp3) is 0.727. The minimum Gasteiger partial charge on any atom is -0.308 e. The monoisotopic (exact) mass is 227 g/mol. The topological polar surface area (TPSA) is 29.9 Å². The first-order valence-corrected chi connectivity index (χ1v) is 6.66. The number of hydrogen-bond donors (Lipinski definition) is 1. The maximum Gasteiger partial charge on any atom is 0.0534 e. The summed E-state index contributed by atoms with van der Waals surface area (Å²) in [5, 5.41) is 7.77. The Labute approximate surface area is 96.6 Å². The van der Waals surface area contributed by atoms with E-state index >= 15 is 0 Å². The van der Waals surface area contributed by atoms with Gasteiger partial charge in [0, 0.05) is 36.1 Å². The van der Waals surface area contributed by atoms with E-state index in [4.69, 9.17) is 0 Å². The number of aromatic nitrogens is 2. The van der Waals surface area contributed by atoms with Crippen molar-refractivity contribution in [1.82, 2.24) is 15.1 Å². The Kier molecular flexibility index (Phi) is 4.67. The predicted octanol–water partition coefficient (Wildman–Crippen LogP) is 2.13. The van der Waals surface area contributed by atoms with Crippen LogP contribution in [0.2, 0.25) is 0 Å². The van der Waals surface area contributed by atoms with Crippen LogP contribution in [0.4, 0.5) is 0 Å². The van der Waals surface area contributed by atoms with Crippen LogP contribution in [0, 0.1) is 0 Å². The second kappa shape index (κ2) is 5.56. The number of aryl methyl sites for hydroxylation is 1. The molecule has 3 nitrogen and oxygen atoms in total. The maximum absolute atomic E-state index is 4.32. The highest BCUT2D eigenvalue weighted by molar-refractivity contribution is 7.98. The smallest absolute Gasteiger partial charge is 0.0534 e. The van der Waals surface area contributed by atoms with Crippen molar-refractivity contribution in [3.63, 3.8) is 0 Å². The van der Waals surface area contributed by atoms with Gasteiger partial charge in [0.1, 0.15) is 0 Å². The Morgan fingerprint density at radius 1 is 1.47 bits per heavy atom. The van der Waals surface area contributed by atoms with Gasteiger partial charge >= 0.3 is 0 Å². The molecule has 0 fully saturated rings. The number of rotatable bonds is 5. The van der Waals surface area contributed by atoms with E-state index in [9.17, 15) is 0 Å². The van der Waals surface area contributed by atoms with Gasteiger partial charge in [0.2, 0.25) is 0 Å². The third-order valence-corrected chi connectivity index (χ3v) is 2.62. The lowest BCUT2D eigenvalue weighted by atomic mass is 10.1. The SMILES string of the molecule is CSCCn1cc(CNC(C)(C)C)cn1. The normalized spacial score (nSPS) is 12.0. The Balaban J connectivity index is 2.39. The molecule has 1 aromatic rings. The molecule has 1 N–H and O–H groups in total. The fourth-order valence-electron chi connectivity index (χ4n) is 1.17. The van der Waals surface area contributed by atoms with Crippen LogP contribution in [-0.2, 0) is 13.1 Å². The first-order chi connectivity index (χ1) is 7.01. The summed E-state index contributed by atoms with van der Waals surface area (Å²) in [6, 6.07) is 0. The summed E-state index contributed by atoms with van der Waals surface area (Å²) in [4.78, 5) is 0. The van der Waals surface area contributed by atoms with Gasteiger partial charge in [-0.05, 0) is 27.0 Å². The van der Waals surface area contributed by atoms with Gasteiger partial charge in [-0.15, -0.1) is 0 Å². The number of nitrogens with one attached hydrogen (secondary N) is 1. The van der Waals surface area contributed by atoms with Gasteiger partial charge in [0.15, 0.2) is 0 Å². The third-order valence-electron chi connectivity index (χ3n) is 2.03. The molecule has 0 bridgehead atoms. The van der Waals surface area contributed by atoms with Crippen molar-refractivity contribution in [2.24, 2.45) is 0 Å². The molecule has 0 spiro atoms. The third kappa shape index (κ3) is 5.23. The van der Waals surface area contributed by atoms with E-state index in [1.54, 1.807) is 0 Å². The molecule has 0 radical (unpaired) electrons. The van der Waals surface area contributed by atoms with Gasteiger partial charge in [0.05, 0.1) is 6.20 Å². The van der Waals surface area contributed by atoms with Crippen LogP contribution >= 0.6 is 11.8 Å². The van der Waals surface area contributed by atoms with Crippen LogP contribution in [0.1, 0.15) is 26.3 Å². The summed E-state index contributed by atoms with van der Waals surface area (Å²) in [7, 11) is 0. The lowest BCUT2D eigenvalue weighted by molar-refractivity contribution is 0.424. The fourth-order valence-corrected chi connectivity index (χ4v) is 1.54. The highest BCUT2D eigenvalue weighted by atomic mass is 32.2. The van der Waals surface area contributed by atoms with Gasteiger partial charge < -0.3 is 5.32 Å². The van der Waals surface area contributed by atoms with E-state index in [0.717, 1.165) is 18.8 Å². The minimum atomic E-state index is 0.168. The Morgan fingerprint density at radius 2 is 2.20 bits per heavy atom. The zero-order valence-electron chi connectivity index (χ0n) is 10.1. The molecule has 0 amide bonds. The maximum atomic E-state index is 4.32. The van der Waals surface area contributed by atoms with E-state index in [1.165, 1.54) is 5.56 Å². The van der Waals surface area contributed by atoms with E-state index < -0.39 is 0 Å². The molecule has 0 aliphatic carbocycles. The Hall–Kier alpha value is -0.480. The highest BCUT2D eigenvalue weighted by Gasteiger charge is 2.08. The highest BCUT2D eigenvalue weighted by Crippen LogP contribution is 2.04. The van der Waals surface area contributed by atoms with Crippen LogP contribution in [0.5, 0.6) is 0 Å². The molecule has 4 heteroatoms. The zero-order chi connectivity index (χ0) is 11.3. The number of thioether (sulfide) groups is 1. The summed E-state index contributed by atoms with van der Waals surface area (Å²) >= 11 is 1.85. The lowest BCUT2D eigenvalue weighted by Crippen LogP contribution is -2.34. The zero-order valence-corrected chi connectivity index (χ0v) is 10.9. The van der Waals surface area contributed by atoms with Crippen LogP contribution in [0.3, 0.4) is 0 Å². The van der Waals surface area contributed by atoms with Gasteiger partial charge in [-0.2, -0.15) is 16.9 Å². The van der Waals surface area contributed by atoms with Crippen molar-refractivity contribution in [1.29, 1.82) is 0 Å². The van der Waals surface area contributed by atoms with E-state index in [-0.39, 0.29) is 5.54 Å². The van der Waals surface area contributed by atoms with Gasteiger partial charge in [-0.25, -0.2) is 0 Å². The van der Waals surface area contributed by atoms with Gasteiger partial charge in [-0.1, -0.05) is 0 Å². The predicted molar refractivity (Wildman–Crippen MR) is 67.2 cm³/mol. The van der Waals surface area contributed by atoms with Crippen LogP contribution in [-0.4, -0.2) is 27.3 Å². The molecular weight excluding hydrogens is 206 g/mol. The van der Waals surface area contributed by atoms with Gasteiger partial charge in [-0.3, -0.25) is 4.68 Å². The van der Waals surface area contributed by atoms with Crippen LogP contribution in [0.25, 0.3) is 0 Å². The summed E-state index contributed by atoms with van der Waals surface area (Å²) in [6.45, 7) is 8.40. The van der Waals surface area contributed by atoms with Gasteiger partial charge in [0.25, 0.3) is 0 Å². The Morgan fingerprint density at radius 3 is 2.80 bits per heavy atom. The average molecular weight is 227 g/mol. The standard InChI is InChI=1S/C11H21N3S/c1-11(2,3)12-7-10-8-13-14(9-10)5-6-15-4/h8-9,12H,5-7H2,1-4H3. The minimum absolute atomic E-state index is 0.168. The summed E-state index contributed by atoms with van der Waals surface area (Å²) in [5.74, 6) is 1.12. The van der Waals surface area contributed by atoms with Crippen molar-refractivity contribution in [2.45, 2.75) is 39.4 Å². The number of nitrogens with zero attached hydrogens (tertiary/aromatic N) is 2. The first-order valence-electron chi connectivity index (χ1n) is 5.26. The molecular formula is C11H21N3S. The number of hydrogen-bond acceptors (Lipinski definition) is 3. The van der Waals surface area contributed by atoms with Crippen molar-refractivity contribution in [3.05, 3.63) is 18.0 Å². The second-order valence-corrected chi connectivity index (χ2v) is 5.69. The molecule has 15 heavy (non-hydrogen) atoms. The largest absolute Gasteiger partial charge is 0.308 e. The average Bonchev–Trinajstić information content (AvgIpc) is 2.58. The molecule has 0 aromatic carbocycles. The van der Waals surface area contributed by atoms with E-state index in [0.29, 0.717) is 0 Å². The molecule has 1 aromatic heterocycles. The molecule has 0 saturated carbocycles. The van der Waals surface area contributed by atoms with Crippen molar-refractivity contribution < 1.29 is 0 Å². The lowest BCUT2D eigenvalue weighted by Gasteiger charge is -2.19. The van der Waals surface area contributed by atoms with Crippen molar-refractivity contribution >= 4 is 11.8 Å². The summed E-state index contributed by atoms with van der Waals surface area (Å²) in [6.07, 6.45) is 6.18. The molecule has 0 atom stereocenters. The van der Waals surface area contributed by atoms with E-state index in [2.05, 4.69) is 43.6 Å². The second-order valence-electron chi connectivity index (χ2n) is 4.71. The van der Waals surface area contributed by atoms with Crippen LogP contribution < -0.4 is 5.32 Å². The molecule has 0 aliphatic heterocycles. The molecule has 86 valence electrons. The molecule has 1 heterocycles. The summed E-state index contributed by atoms with van der Waals surface area (Å²) < 4.78 is 2.01. The molecule has 0 unspecified atom stereocenters. The Bertz CT molecular complexity index is 288. The van der Waals surface area contributed by atoms with Crippen molar-refractivity contribution in [2.75, 3.05) is 12.0 Å². The van der Waals surface area contributed by atoms with E-state index in [1.807, 2.05) is 22.6 Å². The summed E-state index contributed by atoms with van der Waals surface area (Å²) in [5.41, 5.74) is 1.42. The first kappa shape index (κ1) is 12.6.